The highest BCUT2D eigenvalue weighted by atomic mass is 33.1. The predicted octanol–water partition coefficient (Wildman–Crippen LogP) is 3.23. The van der Waals surface area contributed by atoms with E-state index < -0.39 is 0 Å². The van der Waals surface area contributed by atoms with Gasteiger partial charge < -0.3 is 5.32 Å². The van der Waals surface area contributed by atoms with E-state index in [2.05, 4.69) is 5.32 Å². The van der Waals surface area contributed by atoms with E-state index in [0.717, 1.165) is 11.7 Å². The maximum atomic E-state index is 11.3. The highest BCUT2D eigenvalue weighted by molar-refractivity contribution is 8.77. The zero-order valence-electron chi connectivity index (χ0n) is 9.62. The predicted molar refractivity (Wildman–Crippen MR) is 70.2 cm³/mol. The van der Waals surface area contributed by atoms with E-state index >= 15 is 0 Å². The van der Waals surface area contributed by atoms with E-state index in [-0.39, 0.29) is 11.9 Å². The van der Waals surface area contributed by atoms with E-state index in [1.54, 1.807) is 0 Å². The molecule has 88 valence electrons. The minimum absolute atomic E-state index is 0.207. The van der Waals surface area contributed by atoms with Crippen molar-refractivity contribution in [3.8, 4) is 0 Å². The first-order valence-corrected chi connectivity index (χ1v) is 8.14. The average molecular weight is 247 g/mol. The van der Waals surface area contributed by atoms with Gasteiger partial charge in [0.05, 0.1) is 0 Å². The van der Waals surface area contributed by atoms with E-state index in [4.69, 9.17) is 0 Å². The van der Waals surface area contributed by atoms with E-state index in [9.17, 15) is 4.79 Å². The minimum Gasteiger partial charge on any atom is -0.354 e. The van der Waals surface area contributed by atoms with Crippen molar-refractivity contribution in [2.45, 2.75) is 57.2 Å². The van der Waals surface area contributed by atoms with Crippen LogP contribution in [-0.2, 0) is 4.79 Å². The lowest BCUT2D eigenvalue weighted by Gasteiger charge is -2.09. The second kappa shape index (κ2) is 7.44. The summed E-state index contributed by atoms with van der Waals surface area (Å²) in [5.74, 6) is 1.52. The lowest BCUT2D eigenvalue weighted by atomic mass is 10.1. The average Bonchev–Trinajstić information content (AvgIpc) is 2.63. The number of carbonyl (C=O) groups is 1. The quantitative estimate of drug-likeness (QED) is 0.577. The molecular formula is C11H21NOS2. The summed E-state index contributed by atoms with van der Waals surface area (Å²) >= 11 is 0. The van der Waals surface area contributed by atoms with Gasteiger partial charge in [-0.15, -0.1) is 0 Å². The molecule has 1 saturated heterocycles. The fourth-order valence-corrected chi connectivity index (χ4v) is 4.64. The van der Waals surface area contributed by atoms with Crippen molar-refractivity contribution in [3.05, 3.63) is 0 Å². The Morgan fingerprint density at radius 1 is 1.47 bits per heavy atom. The van der Waals surface area contributed by atoms with Crippen LogP contribution in [0.15, 0.2) is 0 Å². The van der Waals surface area contributed by atoms with Crippen LogP contribution in [-0.4, -0.2) is 23.0 Å². The number of amides is 1. The summed E-state index contributed by atoms with van der Waals surface area (Å²) < 4.78 is 0. The molecule has 15 heavy (non-hydrogen) atoms. The summed E-state index contributed by atoms with van der Waals surface area (Å²) in [5, 5.41) is 3.77. The van der Waals surface area contributed by atoms with E-state index in [0.29, 0.717) is 6.42 Å². The van der Waals surface area contributed by atoms with Crippen LogP contribution in [0, 0.1) is 0 Å². The summed E-state index contributed by atoms with van der Waals surface area (Å²) in [4.78, 5) is 11.3. The summed E-state index contributed by atoms with van der Waals surface area (Å²) in [5.41, 5.74) is 0. The molecule has 1 atom stereocenters. The molecule has 1 rings (SSSR count). The molecule has 1 heterocycles. The van der Waals surface area contributed by atoms with Crippen molar-refractivity contribution in [3.63, 3.8) is 0 Å². The third kappa shape index (κ3) is 6.36. The Labute approximate surface area is 101 Å². The van der Waals surface area contributed by atoms with Gasteiger partial charge in [0.15, 0.2) is 0 Å². The number of unbranched alkanes of at least 4 members (excludes halogenated alkanes) is 1. The van der Waals surface area contributed by atoms with E-state index in [1.165, 1.54) is 25.0 Å². The van der Waals surface area contributed by atoms with Crippen LogP contribution < -0.4 is 5.32 Å². The monoisotopic (exact) mass is 247 g/mol. The molecule has 2 nitrogen and oxygen atoms in total. The highest BCUT2D eigenvalue weighted by Gasteiger charge is 2.15. The second-order valence-corrected chi connectivity index (χ2v) is 7.08. The van der Waals surface area contributed by atoms with Crippen LogP contribution in [0.2, 0.25) is 0 Å². The molecule has 1 fully saturated rings. The van der Waals surface area contributed by atoms with Crippen LogP contribution in [0.3, 0.4) is 0 Å². The highest BCUT2D eigenvalue weighted by Crippen LogP contribution is 2.39. The standard InChI is InChI=1S/C11H21NOS2/c1-9(2)12-11(13)6-4-3-5-10-7-8-14-15-10/h9-10H,3-8H2,1-2H3,(H,12,13). The van der Waals surface area contributed by atoms with Gasteiger partial charge >= 0.3 is 0 Å². The summed E-state index contributed by atoms with van der Waals surface area (Å²) in [6.45, 7) is 4.01. The van der Waals surface area contributed by atoms with Crippen LogP contribution in [0.1, 0.15) is 46.0 Å². The number of carbonyl (C=O) groups excluding carboxylic acids is 1. The van der Waals surface area contributed by atoms with Crippen molar-refractivity contribution in [1.82, 2.24) is 5.32 Å². The molecule has 0 saturated carbocycles. The molecule has 1 aliphatic rings. The van der Waals surface area contributed by atoms with Gasteiger partial charge in [0.2, 0.25) is 5.91 Å². The zero-order valence-corrected chi connectivity index (χ0v) is 11.3. The Hall–Kier alpha value is 0.170. The lowest BCUT2D eigenvalue weighted by Crippen LogP contribution is -2.29. The van der Waals surface area contributed by atoms with Crippen molar-refractivity contribution in [2.24, 2.45) is 0 Å². The first kappa shape index (κ1) is 13.2. The van der Waals surface area contributed by atoms with Gasteiger partial charge in [0, 0.05) is 23.5 Å². The maximum Gasteiger partial charge on any atom is 0.220 e. The number of nitrogens with one attached hydrogen (secondary N) is 1. The summed E-state index contributed by atoms with van der Waals surface area (Å²) in [6, 6.07) is 0.277. The smallest absolute Gasteiger partial charge is 0.220 e. The van der Waals surface area contributed by atoms with Crippen molar-refractivity contribution in [1.29, 1.82) is 0 Å². The van der Waals surface area contributed by atoms with Crippen LogP contribution >= 0.6 is 21.6 Å². The molecule has 1 aliphatic heterocycles. The van der Waals surface area contributed by atoms with Gasteiger partial charge in [-0.25, -0.2) is 0 Å². The largest absolute Gasteiger partial charge is 0.354 e. The summed E-state index contributed by atoms with van der Waals surface area (Å²) in [6.07, 6.45) is 5.58. The Bertz CT molecular complexity index is 191. The molecule has 0 spiro atoms. The molecular weight excluding hydrogens is 226 g/mol. The SMILES string of the molecule is CC(C)NC(=O)CCCCC1CCSS1. The molecule has 1 amide bonds. The molecule has 4 heteroatoms. The number of hydrogen-bond donors (Lipinski definition) is 1. The van der Waals surface area contributed by atoms with Crippen molar-refractivity contribution in [2.75, 3.05) is 5.75 Å². The van der Waals surface area contributed by atoms with Crippen LogP contribution in [0.25, 0.3) is 0 Å². The maximum absolute atomic E-state index is 11.3. The van der Waals surface area contributed by atoms with Crippen molar-refractivity contribution >= 4 is 27.5 Å². The molecule has 1 unspecified atom stereocenters. The molecule has 0 aromatic heterocycles. The van der Waals surface area contributed by atoms with Gasteiger partial charge in [-0.05, 0) is 33.1 Å². The van der Waals surface area contributed by atoms with Crippen LogP contribution in [0.5, 0.6) is 0 Å². The first-order valence-electron chi connectivity index (χ1n) is 5.76. The fraction of sp³-hybridized carbons (Fsp3) is 0.909. The molecule has 0 bridgehead atoms. The normalized spacial score (nSPS) is 20.9. The number of hydrogen-bond acceptors (Lipinski definition) is 3. The van der Waals surface area contributed by atoms with Crippen molar-refractivity contribution < 1.29 is 4.79 Å². The van der Waals surface area contributed by atoms with Gasteiger partial charge in [-0.2, -0.15) is 0 Å². The van der Waals surface area contributed by atoms with E-state index in [1.807, 2.05) is 35.4 Å². The third-order valence-electron chi connectivity index (χ3n) is 2.36. The molecule has 0 aliphatic carbocycles. The van der Waals surface area contributed by atoms with Gasteiger partial charge in [-0.1, -0.05) is 28.0 Å². The minimum atomic E-state index is 0.207. The fourth-order valence-electron chi connectivity index (χ4n) is 1.62. The molecule has 0 radical (unpaired) electrons. The Morgan fingerprint density at radius 2 is 2.27 bits per heavy atom. The third-order valence-corrected chi connectivity index (χ3v) is 5.36. The van der Waals surface area contributed by atoms with Gasteiger partial charge in [0.1, 0.15) is 0 Å². The second-order valence-electron chi connectivity index (χ2n) is 4.30. The molecule has 0 aromatic carbocycles. The Morgan fingerprint density at radius 3 is 2.87 bits per heavy atom. The molecule has 1 N–H and O–H groups in total. The topological polar surface area (TPSA) is 29.1 Å². The molecule has 0 aromatic rings. The van der Waals surface area contributed by atoms with Crippen LogP contribution in [0.4, 0.5) is 0 Å². The first-order chi connectivity index (χ1) is 7.18. The zero-order chi connectivity index (χ0) is 11.1. The Kier molecular flexibility index (Phi) is 6.57. The lowest BCUT2D eigenvalue weighted by molar-refractivity contribution is -0.121. The van der Waals surface area contributed by atoms with Gasteiger partial charge in [-0.3, -0.25) is 4.79 Å². The van der Waals surface area contributed by atoms with Gasteiger partial charge in [0.25, 0.3) is 0 Å². The number of rotatable bonds is 6. The summed E-state index contributed by atoms with van der Waals surface area (Å²) in [7, 11) is 4.02. The Balaban J connectivity index is 1.94.